The van der Waals surface area contributed by atoms with Crippen LogP contribution >= 0.6 is 11.6 Å². The van der Waals surface area contributed by atoms with Gasteiger partial charge in [0.15, 0.2) is 0 Å². The highest BCUT2D eigenvalue weighted by Crippen LogP contribution is 2.35. The van der Waals surface area contributed by atoms with E-state index in [2.05, 4.69) is 10.2 Å². The maximum absolute atomic E-state index is 12.9. The summed E-state index contributed by atoms with van der Waals surface area (Å²) in [6.07, 6.45) is 5.07. The Morgan fingerprint density at radius 1 is 1.24 bits per heavy atom. The second-order valence-corrected chi connectivity index (χ2v) is 6.75. The van der Waals surface area contributed by atoms with Gasteiger partial charge in [0, 0.05) is 30.3 Å². The molecule has 3 nitrogen and oxygen atoms in total. The third kappa shape index (κ3) is 3.91. The van der Waals surface area contributed by atoms with Crippen LogP contribution in [0.1, 0.15) is 43.0 Å². The first-order chi connectivity index (χ1) is 10.2. The third-order valence-electron chi connectivity index (χ3n) is 4.22. The largest absolute Gasteiger partial charge is 0.385 e. The van der Waals surface area contributed by atoms with Crippen LogP contribution in [0, 0.1) is 11.8 Å². The average molecular weight is 307 g/mol. The van der Waals surface area contributed by atoms with Crippen molar-refractivity contribution in [3.05, 3.63) is 28.8 Å². The van der Waals surface area contributed by atoms with Crippen molar-refractivity contribution >= 4 is 23.2 Å². The van der Waals surface area contributed by atoms with Crippen LogP contribution in [0.2, 0.25) is 5.02 Å². The van der Waals surface area contributed by atoms with E-state index in [1.54, 1.807) is 6.07 Å². The number of rotatable bonds is 7. The first kappa shape index (κ1) is 14.7. The number of hydrogen-bond acceptors (Lipinski definition) is 2. The zero-order valence-electron chi connectivity index (χ0n) is 12.6. The molecule has 2 saturated carbocycles. The minimum Gasteiger partial charge on any atom is -0.385 e. The van der Waals surface area contributed by atoms with Crippen LogP contribution in [0.4, 0.5) is 5.69 Å². The van der Waals surface area contributed by atoms with Gasteiger partial charge in [0.1, 0.15) is 0 Å². The summed E-state index contributed by atoms with van der Waals surface area (Å²) in [7, 11) is 0. The fourth-order valence-corrected chi connectivity index (χ4v) is 2.85. The van der Waals surface area contributed by atoms with Crippen LogP contribution in [0.5, 0.6) is 0 Å². The number of anilines is 1. The van der Waals surface area contributed by atoms with Gasteiger partial charge in [-0.15, -0.1) is 0 Å². The molecule has 2 aliphatic carbocycles. The molecule has 1 amide bonds. The quantitative estimate of drug-likeness (QED) is 0.824. The molecule has 0 unspecified atom stereocenters. The Morgan fingerprint density at radius 2 is 1.86 bits per heavy atom. The molecule has 21 heavy (non-hydrogen) atoms. The van der Waals surface area contributed by atoms with Crippen LogP contribution in [-0.4, -0.2) is 30.4 Å². The van der Waals surface area contributed by atoms with Gasteiger partial charge in [-0.1, -0.05) is 11.6 Å². The van der Waals surface area contributed by atoms with Crippen molar-refractivity contribution in [2.75, 3.05) is 25.0 Å². The zero-order valence-corrected chi connectivity index (χ0v) is 13.3. The second-order valence-electron chi connectivity index (χ2n) is 6.32. The van der Waals surface area contributed by atoms with Crippen LogP contribution in [0.3, 0.4) is 0 Å². The van der Waals surface area contributed by atoms with Gasteiger partial charge in [0.05, 0.1) is 5.56 Å². The van der Waals surface area contributed by atoms with Crippen LogP contribution in [0.25, 0.3) is 0 Å². The minimum absolute atomic E-state index is 0.132. The topological polar surface area (TPSA) is 32.3 Å². The van der Waals surface area contributed by atoms with Gasteiger partial charge < -0.3 is 10.2 Å². The number of nitrogens with zero attached hydrogens (tertiary/aromatic N) is 1. The highest BCUT2D eigenvalue weighted by molar-refractivity contribution is 6.31. The van der Waals surface area contributed by atoms with E-state index in [4.69, 9.17) is 11.6 Å². The Balaban J connectivity index is 1.80. The summed E-state index contributed by atoms with van der Waals surface area (Å²) in [5, 5.41) is 3.89. The lowest BCUT2D eigenvalue weighted by Gasteiger charge is -2.24. The molecule has 3 rings (SSSR count). The van der Waals surface area contributed by atoms with Gasteiger partial charge in [-0.3, -0.25) is 4.79 Å². The van der Waals surface area contributed by atoms with Gasteiger partial charge >= 0.3 is 0 Å². The first-order valence-corrected chi connectivity index (χ1v) is 8.38. The number of carbonyl (C=O) groups excluding carboxylic acids is 1. The van der Waals surface area contributed by atoms with E-state index in [1.807, 2.05) is 19.1 Å². The van der Waals surface area contributed by atoms with Crippen molar-refractivity contribution in [1.82, 2.24) is 4.90 Å². The number of carbonyl (C=O) groups is 1. The fraction of sp³-hybridized carbons (Fsp3) is 0.588. The molecule has 0 aromatic heterocycles. The fourth-order valence-electron chi connectivity index (χ4n) is 2.67. The number of hydrogen-bond donors (Lipinski definition) is 1. The maximum atomic E-state index is 12.9. The molecule has 0 atom stereocenters. The van der Waals surface area contributed by atoms with Gasteiger partial charge in [-0.05, 0) is 62.6 Å². The van der Waals surface area contributed by atoms with E-state index >= 15 is 0 Å². The molecular weight excluding hydrogens is 284 g/mol. The van der Waals surface area contributed by atoms with Gasteiger partial charge in [-0.2, -0.15) is 0 Å². The van der Waals surface area contributed by atoms with Gasteiger partial charge in [0.2, 0.25) is 0 Å². The van der Waals surface area contributed by atoms with E-state index in [0.29, 0.717) is 10.6 Å². The highest BCUT2D eigenvalue weighted by Gasteiger charge is 2.32. The first-order valence-electron chi connectivity index (χ1n) is 8.00. The highest BCUT2D eigenvalue weighted by atomic mass is 35.5. The average Bonchev–Trinajstić information content (AvgIpc) is 3.35. The number of halogens is 1. The van der Waals surface area contributed by atoms with Crippen molar-refractivity contribution in [1.29, 1.82) is 0 Å². The Bertz CT molecular complexity index is 510. The number of amides is 1. The lowest BCUT2D eigenvalue weighted by atomic mass is 10.1. The molecular formula is C17H23ClN2O. The summed E-state index contributed by atoms with van der Waals surface area (Å²) in [6, 6.07) is 5.54. The molecule has 0 saturated heterocycles. The normalized spacial score (nSPS) is 17.6. The summed E-state index contributed by atoms with van der Waals surface area (Å²) in [5.74, 6) is 1.57. The second kappa shape index (κ2) is 6.27. The van der Waals surface area contributed by atoms with Gasteiger partial charge in [0.25, 0.3) is 5.91 Å². The lowest BCUT2D eigenvalue weighted by molar-refractivity contribution is 0.0740. The number of nitrogens with one attached hydrogen (secondary N) is 1. The molecule has 1 N–H and O–H groups in total. The lowest BCUT2D eigenvalue weighted by Crippen LogP contribution is -2.35. The van der Waals surface area contributed by atoms with Crippen molar-refractivity contribution in [3.63, 3.8) is 0 Å². The molecule has 114 valence electrons. The third-order valence-corrected chi connectivity index (χ3v) is 4.45. The molecule has 0 spiro atoms. The van der Waals surface area contributed by atoms with Crippen LogP contribution < -0.4 is 5.32 Å². The predicted molar refractivity (Wildman–Crippen MR) is 87.0 cm³/mol. The van der Waals surface area contributed by atoms with Crippen LogP contribution in [0.15, 0.2) is 18.2 Å². The van der Waals surface area contributed by atoms with Crippen LogP contribution in [-0.2, 0) is 0 Å². The van der Waals surface area contributed by atoms with Crippen molar-refractivity contribution in [2.24, 2.45) is 11.8 Å². The Labute approximate surface area is 131 Å². The molecule has 2 fully saturated rings. The van der Waals surface area contributed by atoms with Crippen molar-refractivity contribution in [2.45, 2.75) is 32.6 Å². The molecule has 0 radical (unpaired) electrons. The molecule has 1 aromatic carbocycles. The Morgan fingerprint density at radius 3 is 2.38 bits per heavy atom. The standard InChI is InChI=1S/C17H23ClN2O/c1-2-19-16-8-7-14(18)9-15(16)17(21)20(10-12-3-4-12)11-13-5-6-13/h7-9,12-13,19H,2-6,10-11H2,1H3. The zero-order chi connectivity index (χ0) is 14.8. The summed E-state index contributed by atoms with van der Waals surface area (Å²) in [4.78, 5) is 15.0. The summed E-state index contributed by atoms with van der Waals surface area (Å²) in [6.45, 7) is 4.66. The summed E-state index contributed by atoms with van der Waals surface area (Å²) in [5.41, 5.74) is 1.61. The molecule has 0 bridgehead atoms. The SMILES string of the molecule is CCNc1ccc(Cl)cc1C(=O)N(CC1CC1)CC1CC1. The van der Waals surface area contributed by atoms with E-state index in [9.17, 15) is 4.79 Å². The molecule has 0 aliphatic heterocycles. The van der Waals surface area contributed by atoms with E-state index in [0.717, 1.165) is 37.2 Å². The van der Waals surface area contributed by atoms with Crippen molar-refractivity contribution in [3.8, 4) is 0 Å². The molecule has 4 heteroatoms. The summed E-state index contributed by atoms with van der Waals surface area (Å²) < 4.78 is 0. The molecule has 0 heterocycles. The van der Waals surface area contributed by atoms with E-state index in [1.165, 1.54) is 25.7 Å². The van der Waals surface area contributed by atoms with Crippen molar-refractivity contribution < 1.29 is 4.79 Å². The Kier molecular flexibility index (Phi) is 4.39. The minimum atomic E-state index is 0.132. The van der Waals surface area contributed by atoms with E-state index < -0.39 is 0 Å². The molecule has 2 aliphatic rings. The molecule has 1 aromatic rings. The van der Waals surface area contributed by atoms with E-state index in [-0.39, 0.29) is 5.91 Å². The Hall–Kier alpha value is -1.22. The predicted octanol–water partition coefficient (Wildman–Crippen LogP) is 4.03. The monoisotopic (exact) mass is 306 g/mol. The smallest absolute Gasteiger partial charge is 0.256 e. The van der Waals surface area contributed by atoms with Gasteiger partial charge in [-0.25, -0.2) is 0 Å². The summed E-state index contributed by atoms with van der Waals surface area (Å²) >= 11 is 6.10. The maximum Gasteiger partial charge on any atom is 0.256 e. The number of benzene rings is 1.